The molecule has 0 aliphatic carbocycles. The molecule has 0 spiro atoms. The van der Waals surface area contributed by atoms with Crippen molar-refractivity contribution in [2.24, 2.45) is 0 Å². The quantitative estimate of drug-likeness (QED) is 0.831. The van der Waals surface area contributed by atoms with Crippen LogP contribution in [0.5, 0.6) is 5.75 Å². The molecule has 106 valence electrons. The van der Waals surface area contributed by atoms with Crippen LogP contribution in [-0.4, -0.2) is 39.1 Å². The van der Waals surface area contributed by atoms with Gasteiger partial charge in [0.25, 0.3) is 0 Å². The Morgan fingerprint density at radius 1 is 1.32 bits per heavy atom. The third kappa shape index (κ3) is 4.21. The molecule has 1 aromatic rings. The van der Waals surface area contributed by atoms with Crippen LogP contribution in [0.3, 0.4) is 0 Å². The number of benzene rings is 1. The minimum Gasteiger partial charge on any atom is -0.492 e. The molecule has 1 fully saturated rings. The van der Waals surface area contributed by atoms with E-state index in [1.807, 2.05) is 18.2 Å². The number of nitrogens with one attached hydrogen (secondary N) is 1. The monoisotopic (exact) mass is 283 g/mol. The predicted molar refractivity (Wildman–Crippen MR) is 76.5 cm³/mol. The van der Waals surface area contributed by atoms with Crippen LogP contribution in [0.4, 0.5) is 0 Å². The molecule has 1 heterocycles. The number of ether oxygens (including phenoxy) is 1. The highest BCUT2D eigenvalue weighted by atomic mass is 32.2. The zero-order chi connectivity index (χ0) is 13.9. The van der Waals surface area contributed by atoms with Gasteiger partial charge >= 0.3 is 0 Å². The first-order valence-corrected chi connectivity index (χ1v) is 8.42. The van der Waals surface area contributed by atoms with Gasteiger partial charge in [0.15, 0.2) is 9.84 Å². The van der Waals surface area contributed by atoms with Crippen LogP contribution in [0.2, 0.25) is 0 Å². The summed E-state index contributed by atoms with van der Waals surface area (Å²) in [5.41, 5.74) is 2.47. The van der Waals surface area contributed by atoms with E-state index in [1.165, 1.54) is 11.1 Å². The van der Waals surface area contributed by atoms with Crippen LogP contribution < -0.4 is 10.1 Å². The molecule has 0 radical (unpaired) electrons. The average molecular weight is 283 g/mol. The molecule has 1 unspecified atom stereocenters. The van der Waals surface area contributed by atoms with Crippen LogP contribution in [0.15, 0.2) is 18.2 Å². The van der Waals surface area contributed by atoms with Crippen molar-refractivity contribution in [1.29, 1.82) is 0 Å². The Morgan fingerprint density at radius 3 is 2.74 bits per heavy atom. The Hall–Kier alpha value is -1.07. The first-order chi connectivity index (χ1) is 8.96. The van der Waals surface area contributed by atoms with Crippen molar-refractivity contribution >= 4 is 9.84 Å². The number of aryl methyl sites for hydroxylation is 2. The topological polar surface area (TPSA) is 55.4 Å². The van der Waals surface area contributed by atoms with Crippen LogP contribution in [0.25, 0.3) is 0 Å². The van der Waals surface area contributed by atoms with Gasteiger partial charge in [-0.1, -0.05) is 6.07 Å². The van der Waals surface area contributed by atoms with E-state index in [-0.39, 0.29) is 11.8 Å². The van der Waals surface area contributed by atoms with Crippen LogP contribution >= 0.6 is 0 Å². The Bertz CT molecular complexity index is 540. The molecular weight excluding hydrogens is 262 g/mol. The van der Waals surface area contributed by atoms with Crippen molar-refractivity contribution in [2.45, 2.75) is 26.3 Å². The largest absolute Gasteiger partial charge is 0.492 e. The highest BCUT2D eigenvalue weighted by Crippen LogP contribution is 2.16. The normalized spacial score (nSPS) is 21.5. The van der Waals surface area contributed by atoms with E-state index in [0.29, 0.717) is 25.3 Å². The van der Waals surface area contributed by atoms with Gasteiger partial charge in [0.1, 0.15) is 12.4 Å². The Morgan fingerprint density at radius 2 is 2.11 bits per heavy atom. The van der Waals surface area contributed by atoms with Crippen molar-refractivity contribution in [1.82, 2.24) is 5.32 Å². The molecule has 1 aromatic carbocycles. The fourth-order valence-electron chi connectivity index (χ4n) is 2.19. The van der Waals surface area contributed by atoms with E-state index in [0.717, 1.165) is 5.75 Å². The molecule has 5 heteroatoms. The zero-order valence-corrected chi connectivity index (χ0v) is 12.3. The highest BCUT2D eigenvalue weighted by molar-refractivity contribution is 7.91. The molecule has 0 amide bonds. The summed E-state index contributed by atoms with van der Waals surface area (Å²) in [6.45, 7) is 5.36. The van der Waals surface area contributed by atoms with Crippen molar-refractivity contribution in [3.63, 3.8) is 0 Å². The SMILES string of the molecule is Cc1ccc(OCCNC2CCS(=O)(=O)C2)cc1C. The molecule has 0 saturated carbocycles. The Labute approximate surface area is 115 Å². The minimum atomic E-state index is -2.80. The molecule has 0 bridgehead atoms. The second-order valence-corrected chi connectivity index (χ2v) is 7.38. The van der Waals surface area contributed by atoms with E-state index >= 15 is 0 Å². The van der Waals surface area contributed by atoms with E-state index < -0.39 is 9.84 Å². The van der Waals surface area contributed by atoms with Crippen LogP contribution in [0.1, 0.15) is 17.5 Å². The molecule has 2 rings (SSSR count). The maximum absolute atomic E-state index is 11.3. The first kappa shape index (κ1) is 14.3. The zero-order valence-electron chi connectivity index (χ0n) is 11.5. The summed E-state index contributed by atoms with van der Waals surface area (Å²) in [6.07, 6.45) is 0.714. The first-order valence-electron chi connectivity index (χ1n) is 6.60. The molecule has 4 nitrogen and oxygen atoms in total. The van der Waals surface area contributed by atoms with Crippen LogP contribution in [-0.2, 0) is 9.84 Å². The van der Waals surface area contributed by atoms with Gasteiger partial charge < -0.3 is 10.1 Å². The van der Waals surface area contributed by atoms with Crippen molar-refractivity contribution in [3.05, 3.63) is 29.3 Å². The summed E-state index contributed by atoms with van der Waals surface area (Å²) in [5, 5.41) is 3.23. The van der Waals surface area contributed by atoms with Crippen molar-refractivity contribution < 1.29 is 13.2 Å². The van der Waals surface area contributed by atoms with E-state index in [2.05, 4.69) is 19.2 Å². The lowest BCUT2D eigenvalue weighted by molar-refractivity contribution is 0.307. The van der Waals surface area contributed by atoms with Gasteiger partial charge in [-0.25, -0.2) is 8.42 Å². The van der Waals surface area contributed by atoms with E-state index in [4.69, 9.17) is 4.74 Å². The molecule has 1 N–H and O–H groups in total. The lowest BCUT2D eigenvalue weighted by atomic mass is 10.1. The Kier molecular flexibility index (Phi) is 4.47. The summed E-state index contributed by atoms with van der Waals surface area (Å²) in [4.78, 5) is 0. The van der Waals surface area contributed by atoms with Crippen molar-refractivity contribution in [2.75, 3.05) is 24.7 Å². The molecular formula is C14H21NO3S. The third-order valence-corrected chi connectivity index (χ3v) is 5.28. The predicted octanol–water partition coefficient (Wildman–Crippen LogP) is 1.46. The van der Waals surface area contributed by atoms with Gasteiger partial charge in [-0.3, -0.25) is 0 Å². The van der Waals surface area contributed by atoms with Crippen molar-refractivity contribution in [3.8, 4) is 5.75 Å². The second kappa shape index (κ2) is 5.92. The molecule has 1 aliphatic rings. The van der Waals surface area contributed by atoms with Gasteiger partial charge in [-0.15, -0.1) is 0 Å². The summed E-state index contributed by atoms with van der Waals surface area (Å²) < 4.78 is 28.2. The second-order valence-electron chi connectivity index (χ2n) is 5.15. The number of hydrogen-bond acceptors (Lipinski definition) is 4. The minimum absolute atomic E-state index is 0.0911. The number of hydrogen-bond donors (Lipinski definition) is 1. The van der Waals surface area contributed by atoms with Gasteiger partial charge in [0.05, 0.1) is 11.5 Å². The summed E-state index contributed by atoms with van der Waals surface area (Å²) in [5.74, 6) is 1.43. The molecule has 1 saturated heterocycles. The highest BCUT2D eigenvalue weighted by Gasteiger charge is 2.26. The average Bonchev–Trinajstić information content (AvgIpc) is 2.69. The molecule has 0 aromatic heterocycles. The molecule has 19 heavy (non-hydrogen) atoms. The van der Waals surface area contributed by atoms with E-state index in [1.54, 1.807) is 0 Å². The lowest BCUT2D eigenvalue weighted by Gasteiger charge is -2.12. The van der Waals surface area contributed by atoms with Gasteiger partial charge in [-0.2, -0.15) is 0 Å². The summed E-state index contributed by atoms with van der Waals surface area (Å²) in [6, 6.07) is 6.12. The fraction of sp³-hybridized carbons (Fsp3) is 0.571. The van der Waals surface area contributed by atoms with Gasteiger partial charge in [0, 0.05) is 12.6 Å². The molecule has 1 aliphatic heterocycles. The third-order valence-electron chi connectivity index (χ3n) is 3.51. The lowest BCUT2D eigenvalue weighted by Crippen LogP contribution is -2.33. The number of rotatable bonds is 5. The standard InChI is InChI=1S/C14H21NO3S/c1-11-3-4-14(9-12(11)2)18-7-6-15-13-5-8-19(16,17)10-13/h3-4,9,13,15H,5-8,10H2,1-2H3. The Balaban J connectivity index is 1.71. The summed E-state index contributed by atoms with van der Waals surface area (Å²) in [7, 11) is -2.80. The van der Waals surface area contributed by atoms with Crippen LogP contribution in [0, 0.1) is 13.8 Å². The maximum atomic E-state index is 11.3. The smallest absolute Gasteiger partial charge is 0.151 e. The maximum Gasteiger partial charge on any atom is 0.151 e. The van der Waals surface area contributed by atoms with Gasteiger partial charge in [-0.05, 0) is 43.5 Å². The summed E-state index contributed by atoms with van der Waals surface area (Å²) >= 11 is 0. The molecule has 1 atom stereocenters. The number of sulfone groups is 1. The van der Waals surface area contributed by atoms with Gasteiger partial charge in [0.2, 0.25) is 0 Å². The van der Waals surface area contributed by atoms with E-state index in [9.17, 15) is 8.42 Å². The fourth-order valence-corrected chi connectivity index (χ4v) is 3.90.